The summed E-state index contributed by atoms with van der Waals surface area (Å²) in [4.78, 5) is 24.8. The molecule has 0 atom stereocenters. The summed E-state index contributed by atoms with van der Waals surface area (Å²) in [6.07, 6.45) is 1.92. The third-order valence-corrected chi connectivity index (χ3v) is 4.35. The number of thiophene rings is 1. The highest BCUT2D eigenvalue weighted by atomic mass is 32.1. The molecule has 1 amide bonds. The van der Waals surface area contributed by atoms with E-state index in [1.54, 1.807) is 11.3 Å². The van der Waals surface area contributed by atoms with Crippen LogP contribution in [0.4, 0.5) is 5.69 Å². The Morgan fingerprint density at radius 2 is 2.04 bits per heavy atom. The molecule has 0 spiro atoms. The van der Waals surface area contributed by atoms with Gasteiger partial charge in [0.15, 0.2) is 6.61 Å². The van der Waals surface area contributed by atoms with Crippen molar-refractivity contribution in [3.8, 4) is 0 Å². The van der Waals surface area contributed by atoms with E-state index in [4.69, 9.17) is 4.74 Å². The number of esters is 1. The summed E-state index contributed by atoms with van der Waals surface area (Å²) >= 11 is 1.68. The summed E-state index contributed by atoms with van der Waals surface area (Å²) in [5, 5.41) is 4.79. The molecule has 0 bridgehead atoms. The van der Waals surface area contributed by atoms with Gasteiger partial charge in [0, 0.05) is 17.0 Å². The Balaban J connectivity index is 1.69. The molecule has 0 aliphatic heterocycles. The van der Waals surface area contributed by atoms with Gasteiger partial charge in [0.05, 0.1) is 0 Å². The number of carbonyl (C=O) groups is 2. The molecule has 122 valence electrons. The molecule has 2 aromatic rings. The average molecular weight is 331 g/mol. The van der Waals surface area contributed by atoms with Crippen LogP contribution in [0.2, 0.25) is 0 Å². The van der Waals surface area contributed by atoms with Crippen LogP contribution in [-0.4, -0.2) is 18.5 Å². The fourth-order valence-corrected chi connectivity index (χ4v) is 2.89. The van der Waals surface area contributed by atoms with Crippen molar-refractivity contribution in [3.63, 3.8) is 0 Å². The minimum absolute atomic E-state index is 0.245. The molecule has 5 heteroatoms. The smallest absolute Gasteiger partial charge is 0.306 e. The first-order valence-corrected chi connectivity index (χ1v) is 8.47. The summed E-state index contributed by atoms with van der Waals surface area (Å²) in [6.45, 7) is 3.64. The van der Waals surface area contributed by atoms with Crippen LogP contribution in [0.15, 0.2) is 35.7 Å². The van der Waals surface area contributed by atoms with Crippen molar-refractivity contribution >= 4 is 28.9 Å². The number of rotatable bonds is 7. The second-order valence-corrected chi connectivity index (χ2v) is 6.49. The standard InChI is InChI=1S/C18H21NO3S/c1-13-8-9-14(2)16(11-13)19-17(20)12-22-18(21)7-3-5-15-6-4-10-23-15/h4,6,8-11H,3,5,7,12H2,1-2H3,(H,19,20). The fraction of sp³-hybridized carbons (Fsp3) is 0.333. The Hall–Kier alpha value is -2.14. The zero-order valence-corrected chi connectivity index (χ0v) is 14.2. The maximum absolute atomic E-state index is 11.9. The molecule has 0 saturated carbocycles. The van der Waals surface area contributed by atoms with Crippen molar-refractivity contribution in [2.24, 2.45) is 0 Å². The predicted octanol–water partition coefficient (Wildman–Crippen LogP) is 3.87. The van der Waals surface area contributed by atoms with Crippen molar-refractivity contribution in [1.29, 1.82) is 0 Å². The first-order valence-electron chi connectivity index (χ1n) is 7.59. The summed E-state index contributed by atoms with van der Waals surface area (Å²) in [5.74, 6) is -0.650. The Labute approximate surface area is 140 Å². The molecule has 1 aromatic carbocycles. The van der Waals surface area contributed by atoms with Crippen LogP contribution in [0.3, 0.4) is 0 Å². The number of aryl methyl sites for hydroxylation is 3. The molecular formula is C18H21NO3S. The maximum atomic E-state index is 11.9. The quantitative estimate of drug-likeness (QED) is 0.784. The van der Waals surface area contributed by atoms with Crippen molar-refractivity contribution in [2.45, 2.75) is 33.1 Å². The normalized spacial score (nSPS) is 10.3. The molecule has 1 heterocycles. The van der Waals surface area contributed by atoms with Crippen molar-refractivity contribution in [2.75, 3.05) is 11.9 Å². The highest BCUT2D eigenvalue weighted by molar-refractivity contribution is 7.09. The van der Waals surface area contributed by atoms with Crippen molar-refractivity contribution in [1.82, 2.24) is 0 Å². The third-order valence-electron chi connectivity index (χ3n) is 3.42. The first-order chi connectivity index (χ1) is 11.0. The van der Waals surface area contributed by atoms with E-state index in [0.717, 1.165) is 29.7 Å². The Morgan fingerprint density at radius 1 is 1.22 bits per heavy atom. The lowest BCUT2D eigenvalue weighted by Gasteiger charge is -2.09. The number of ether oxygens (including phenoxy) is 1. The van der Waals surface area contributed by atoms with E-state index in [1.165, 1.54) is 4.88 Å². The van der Waals surface area contributed by atoms with E-state index in [2.05, 4.69) is 5.32 Å². The van der Waals surface area contributed by atoms with E-state index < -0.39 is 0 Å². The van der Waals surface area contributed by atoms with Gasteiger partial charge in [-0.2, -0.15) is 0 Å². The van der Waals surface area contributed by atoms with E-state index >= 15 is 0 Å². The highest BCUT2D eigenvalue weighted by Crippen LogP contribution is 2.16. The molecule has 0 unspecified atom stereocenters. The minimum Gasteiger partial charge on any atom is -0.456 e. The predicted molar refractivity (Wildman–Crippen MR) is 92.8 cm³/mol. The number of anilines is 1. The Kier molecular flexibility index (Phi) is 6.35. The fourth-order valence-electron chi connectivity index (χ4n) is 2.14. The molecule has 0 radical (unpaired) electrons. The third kappa shape index (κ3) is 5.87. The number of nitrogens with one attached hydrogen (secondary N) is 1. The van der Waals surface area contributed by atoms with E-state index in [9.17, 15) is 9.59 Å². The lowest BCUT2D eigenvalue weighted by Crippen LogP contribution is -2.21. The first kappa shape index (κ1) is 17.2. The number of amides is 1. The van der Waals surface area contributed by atoms with Crippen LogP contribution in [0.25, 0.3) is 0 Å². The van der Waals surface area contributed by atoms with Crippen molar-refractivity contribution < 1.29 is 14.3 Å². The van der Waals surface area contributed by atoms with E-state index in [-0.39, 0.29) is 18.5 Å². The maximum Gasteiger partial charge on any atom is 0.306 e. The van der Waals surface area contributed by atoms with Gasteiger partial charge in [0.2, 0.25) is 0 Å². The van der Waals surface area contributed by atoms with Gasteiger partial charge in [-0.3, -0.25) is 9.59 Å². The zero-order valence-electron chi connectivity index (χ0n) is 13.4. The highest BCUT2D eigenvalue weighted by Gasteiger charge is 2.09. The van der Waals surface area contributed by atoms with Gasteiger partial charge in [0.25, 0.3) is 5.91 Å². The molecule has 23 heavy (non-hydrogen) atoms. The van der Waals surface area contributed by atoms with Crippen LogP contribution in [0.1, 0.15) is 28.8 Å². The second-order valence-electron chi connectivity index (χ2n) is 5.46. The molecule has 0 fully saturated rings. The van der Waals surface area contributed by atoms with Gasteiger partial charge < -0.3 is 10.1 Å². The van der Waals surface area contributed by atoms with Crippen molar-refractivity contribution in [3.05, 3.63) is 51.7 Å². The van der Waals surface area contributed by atoms with E-state index in [0.29, 0.717) is 6.42 Å². The molecule has 0 aliphatic carbocycles. The SMILES string of the molecule is Cc1ccc(C)c(NC(=O)COC(=O)CCCc2cccs2)c1. The molecule has 2 rings (SSSR count). The topological polar surface area (TPSA) is 55.4 Å². The Bertz CT molecular complexity index is 665. The largest absolute Gasteiger partial charge is 0.456 e. The summed E-state index contributed by atoms with van der Waals surface area (Å²) in [5.41, 5.74) is 2.80. The minimum atomic E-state index is -0.335. The zero-order chi connectivity index (χ0) is 16.7. The van der Waals surface area contributed by atoms with Crippen LogP contribution in [0, 0.1) is 13.8 Å². The van der Waals surface area contributed by atoms with Gasteiger partial charge in [-0.05, 0) is 55.3 Å². The van der Waals surface area contributed by atoms with Crippen LogP contribution in [-0.2, 0) is 20.7 Å². The van der Waals surface area contributed by atoms with E-state index in [1.807, 2.05) is 49.6 Å². The Morgan fingerprint density at radius 3 is 2.78 bits per heavy atom. The van der Waals surface area contributed by atoms with Gasteiger partial charge >= 0.3 is 5.97 Å². The van der Waals surface area contributed by atoms with Gasteiger partial charge in [0.1, 0.15) is 0 Å². The number of hydrogen-bond donors (Lipinski definition) is 1. The lowest BCUT2D eigenvalue weighted by molar-refractivity contribution is -0.147. The molecule has 0 aliphatic rings. The van der Waals surface area contributed by atoms with Crippen LogP contribution < -0.4 is 5.32 Å². The molecule has 4 nitrogen and oxygen atoms in total. The van der Waals surface area contributed by atoms with Gasteiger partial charge in [-0.1, -0.05) is 18.2 Å². The molecular weight excluding hydrogens is 310 g/mol. The summed E-state index contributed by atoms with van der Waals surface area (Å²) in [7, 11) is 0. The second kappa shape index (κ2) is 8.48. The van der Waals surface area contributed by atoms with Crippen LogP contribution >= 0.6 is 11.3 Å². The molecule has 1 aromatic heterocycles. The molecule has 1 N–H and O–H groups in total. The number of benzene rings is 1. The van der Waals surface area contributed by atoms with Gasteiger partial charge in [-0.25, -0.2) is 0 Å². The monoisotopic (exact) mass is 331 g/mol. The van der Waals surface area contributed by atoms with Gasteiger partial charge in [-0.15, -0.1) is 11.3 Å². The molecule has 0 saturated heterocycles. The van der Waals surface area contributed by atoms with Crippen LogP contribution in [0.5, 0.6) is 0 Å². The number of hydrogen-bond acceptors (Lipinski definition) is 4. The number of carbonyl (C=O) groups excluding carboxylic acids is 2. The summed E-state index contributed by atoms with van der Waals surface area (Å²) < 4.78 is 5.02. The average Bonchev–Trinajstić information content (AvgIpc) is 3.02. The lowest BCUT2D eigenvalue weighted by atomic mass is 10.1. The summed E-state index contributed by atoms with van der Waals surface area (Å²) in [6, 6.07) is 9.87.